The summed E-state index contributed by atoms with van der Waals surface area (Å²) in [6, 6.07) is 18.3. The Morgan fingerprint density at radius 3 is 2.42 bits per heavy atom. The average molecular weight is 872 g/mol. The van der Waals surface area contributed by atoms with Crippen LogP contribution in [0.5, 0.6) is 5.75 Å². The Bertz CT molecular complexity index is 2470. The van der Waals surface area contributed by atoms with Crippen molar-refractivity contribution in [1.82, 2.24) is 29.2 Å². The molecule has 0 saturated carbocycles. The number of nitrogens with one attached hydrogen (secondary N) is 1. The fourth-order valence-electron chi connectivity index (χ4n) is 9.37. The molecule has 1 spiro atoms. The number of fused-ring (bicyclic) bond motifs is 2. The van der Waals surface area contributed by atoms with E-state index in [1.54, 1.807) is 18.1 Å². The third-order valence-electron chi connectivity index (χ3n) is 12.7. The van der Waals surface area contributed by atoms with E-state index in [9.17, 15) is 23.2 Å². The maximum Gasteiger partial charge on any atom is 0.410 e. The molecule has 0 radical (unpaired) electrons. The van der Waals surface area contributed by atoms with Gasteiger partial charge in [-0.15, -0.1) is 11.3 Å². The summed E-state index contributed by atoms with van der Waals surface area (Å²) < 4.78 is 53.6. The predicted octanol–water partition coefficient (Wildman–Crippen LogP) is 8.60. The smallest absolute Gasteiger partial charge is 0.410 e. The van der Waals surface area contributed by atoms with Crippen LogP contribution in [-0.2, 0) is 30.8 Å². The summed E-state index contributed by atoms with van der Waals surface area (Å²) >= 11 is 1.08. The van der Waals surface area contributed by atoms with Crippen LogP contribution in [0.1, 0.15) is 67.8 Å². The molecule has 0 bridgehead atoms. The number of nitrogens with zero attached hydrogens (tertiary/aromatic N) is 8. The molecule has 1 unspecified atom stereocenters. The number of rotatable bonds is 11. The van der Waals surface area contributed by atoms with E-state index in [4.69, 9.17) is 14.5 Å². The van der Waals surface area contributed by atoms with Gasteiger partial charge in [0.15, 0.2) is 0 Å². The Morgan fingerprint density at radius 2 is 1.73 bits per heavy atom. The van der Waals surface area contributed by atoms with Crippen LogP contribution in [0.2, 0.25) is 0 Å². The molecule has 1 amide bonds. The number of likely N-dealkylation sites (tertiary alicyclic amines) is 1. The predicted molar refractivity (Wildman–Crippen MR) is 237 cm³/mol. The van der Waals surface area contributed by atoms with E-state index in [1.807, 2.05) is 51.1 Å². The number of nitriles is 1. The maximum atomic E-state index is 13.5. The fraction of sp³-hybridized carbons (Fsp3) is 0.522. The van der Waals surface area contributed by atoms with Gasteiger partial charge in [0.1, 0.15) is 33.8 Å². The van der Waals surface area contributed by atoms with Crippen molar-refractivity contribution in [3.05, 3.63) is 75.8 Å². The number of anilines is 2. The van der Waals surface area contributed by atoms with Gasteiger partial charge < -0.3 is 29.2 Å². The van der Waals surface area contributed by atoms with Gasteiger partial charge in [-0.25, -0.2) is 9.78 Å². The van der Waals surface area contributed by atoms with Crippen LogP contribution in [0.4, 0.5) is 29.7 Å². The molecule has 3 fully saturated rings. The Kier molecular flexibility index (Phi) is 12.1. The van der Waals surface area contributed by atoms with Crippen LogP contribution in [-0.4, -0.2) is 113 Å². The lowest BCUT2D eigenvalue weighted by Gasteiger charge is -2.38. The summed E-state index contributed by atoms with van der Waals surface area (Å²) in [6.45, 7) is 17.9. The van der Waals surface area contributed by atoms with Crippen molar-refractivity contribution in [3.8, 4) is 11.8 Å². The lowest BCUT2D eigenvalue weighted by Crippen LogP contribution is -2.53. The first-order valence-electron chi connectivity index (χ1n) is 21.4. The number of halogens is 3. The van der Waals surface area contributed by atoms with Crippen molar-refractivity contribution in [2.75, 3.05) is 69.7 Å². The van der Waals surface area contributed by atoms with Crippen LogP contribution < -0.4 is 15.0 Å². The molecule has 3 aliphatic rings. The molecular weight excluding hydrogens is 816 g/mol. The van der Waals surface area contributed by atoms with E-state index >= 15 is 0 Å². The number of benzene rings is 2. The Hall–Kier alpha value is -5.11. The molecule has 0 aliphatic carbocycles. The van der Waals surface area contributed by atoms with Crippen molar-refractivity contribution < 1.29 is 27.4 Å². The lowest BCUT2D eigenvalue weighted by atomic mass is 9.86. The molecule has 1 N–H and O–H groups in total. The first-order valence-corrected chi connectivity index (χ1v) is 22.3. The van der Waals surface area contributed by atoms with Crippen molar-refractivity contribution >= 4 is 50.3 Å². The van der Waals surface area contributed by atoms with Crippen LogP contribution in [0.15, 0.2) is 48.5 Å². The number of ether oxygens (including phenoxy) is 2. The molecule has 2 aromatic carbocycles. The summed E-state index contributed by atoms with van der Waals surface area (Å²) in [5.41, 5.74) is 4.60. The number of piperazine rings is 1. The molecule has 3 aromatic heterocycles. The van der Waals surface area contributed by atoms with E-state index in [-0.39, 0.29) is 22.4 Å². The van der Waals surface area contributed by atoms with Crippen molar-refractivity contribution in [3.63, 3.8) is 0 Å². The zero-order chi connectivity index (χ0) is 44.0. The normalized spacial score (nSPS) is 19.5. The molecule has 330 valence electrons. The Morgan fingerprint density at radius 1 is 0.984 bits per heavy atom. The molecule has 6 heterocycles. The second-order valence-electron chi connectivity index (χ2n) is 18.3. The summed E-state index contributed by atoms with van der Waals surface area (Å²) in [5, 5.41) is 15.3. The van der Waals surface area contributed by atoms with Gasteiger partial charge in [-0.1, -0.05) is 18.2 Å². The molecule has 8 rings (SSSR count). The van der Waals surface area contributed by atoms with Gasteiger partial charge >= 0.3 is 12.3 Å². The van der Waals surface area contributed by atoms with E-state index in [0.29, 0.717) is 53.9 Å². The van der Waals surface area contributed by atoms with E-state index in [1.165, 1.54) is 11.1 Å². The van der Waals surface area contributed by atoms with Crippen molar-refractivity contribution in [2.24, 2.45) is 5.41 Å². The number of hydrogen-bond donors (Lipinski definition) is 1. The second kappa shape index (κ2) is 17.2. The van der Waals surface area contributed by atoms with Crippen LogP contribution in [0, 0.1) is 23.7 Å². The number of methoxy groups -OCH3 is 1. The fourth-order valence-corrected chi connectivity index (χ4v) is 10.4. The second-order valence-corrected chi connectivity index (χ2v) is 19.4. The minimum Gasteiger partial charge on any atom is -0.497 e. The van der Waals surface area contributed by atoms with Crippen molar-refractivity contribution in [1.29, 1.82) is 5.26 Å². The summed E-state index contributed by atoms with van der Waals surface area (Å²) in [7, 11) is 1.62. The highest BCUT2D eigenvalue weighted by Crippen LogP contribution is 2.44. The first-order chi connectivity index (χ1) is 29.5. The standard InChI is InChI=1S/C46H56F3N9O3S/c1-30(55-17-19-56(20-18-55)43(59)61-44(3,4)5)26-58-34(24-50)21-37-31(2)33(9-12-39(37)58)27-54-15-13-45(28-54)14-16-57(29-45)40-38-22-36(23-46(47,48)49)62-41(38)53-42(52-40)51-25-32-7-10-35(60-6)11-8-32/h7-12,21-22,30H,13-20,23,25-29H2,1-6H3,(H,51,52,53)/t30-,45?/m0/s1. The minimum absolute atomic E-state index is 0.0304. The van der Waals surface area contributed by atoms with Gasteiger partial charge in [-0.05, 0) is 101 Å². The highest BCUT2D eigenvalue weighted by atomic mass is 32.1. The van der Waals surface area contributed by atoms with Gasteiger partial charge in [0, 0.05) is 92.7 Å². The third-order valence-corrected chi connectivity index (χ3v) is 13.7. The zero-order valence-corrected chi connectivity index (χ0v) is 37.3. The number of amides is 1. The largest absolute Gasteiger partial charge is 0.497 e. The van der Waals surface area contributed by atoms with Gasteiger partial charge in [0.05, 0.1) is 18.9 Å². The average Bonchev–Trinajstić information content (AvgIpc) is 4.02. The molecule has 16 heteroatoms. The zero-order valence-electron chi connectivity index (χ0n) is 36.4. The van der Waals surface area contributed by atoms with Gasteiger partial charge in [0.25, 0.3) is 0 Å². The molecular formula is C46H56F3N9O3S. The highest BCUT2D eigenvalue weighted by molar-refractivity contribution is 7.18. The molecule has 62 heavy (non-hydrogen) atoms. The number of hydrogen-bond acceptors (Lipinski definition) is 11. The quantitative estimate of drug-likeness (QED) is 0.139. The summed E-state index contributed by atoms with van der Waals surface area (Å²) in [4.78, 5) is 32.0. The SMILES string of the molecule is COc1ccc(CNc2nc(N3CCC4(CCN(Cc5ccc6c(cc(C#N)n6C[C@H](C)N6CCN(C(=O)OC(C)(C)C)CC6)c5C)C4)C3)c3cc(CC(F)(F)F)sc3n2)cc1. The Labute approximate surface area is 365 Å². The first kappa shape index (κ1) is 43.5. The number of thiophene rings is 1. The topological polar surface area (TPSA) is 115 Å². The lowest BCUT2D eigenvalue weighted by molar-refractivity contribution is -0.126. The minimum atomic E-state index is -4.32. The number of aromatic nitrogens is 3. The van der Waals surface area contributed by atoms with Gasteiger partial charge in [-0.3, -0.25) is 9.80 Å². The number of carbonyl (C=O) groups excluding carboxylic acids is 1. The van der Waals surface area contributed by atoms with E-state index < -0.39 is 18.2 Å². The third kappa shape index (κ3) is 9.60. The summed E-state index contributed by atoms with van der Waals surface area (Å²) in [6.07, 6.45) is -3.61. The monoisotopic (exact) mass is 871 g/mol. The van der Waals surface area contributed by atoms with Gasteiger partial charge in [0.2, 0.25) is 5.95 Å². The van der Waals surface area contributed by atoms with Crippen LogP contribution >= 0.6 is 11.3 Å². The maximum absolute atomic E-state index is 13.5. The van der Waals surface area contributed by atoms with Crippen LogP contribution in [0.25, 0.3) is 21.1 Å². The molecule has 3 saturated heterocycles. The number of alkyl halides is 3. The highest BCUT2D eigenvalue weighted by Gasteiger charge is 2.44. The summed E-state index contributed by atoms with van der Waals surface area (Å²) in [5.74, 6) is 1.83. The Balaban J connectivity index is 0.939. The van der Waals surface area contributed by atoms with E-state index in [0.717, 1.165) is 92.2 Å². The number of aryl methyl sites for hydroxylation is 1. The van der Waals surface area contributed by atoms with Crippen molar-refractivity contribution in [2.45, 2.75) is 91.3 Å². The van der Waals surface area contributed by atoms with E-state index in [2.05, 4.69) is 61.6 Å². The molecule has 3 aliphatic heterocycles. The van der Waals surface area contributed by atoms with Crippen LogP contribution in [0.3, 0.4) is 0 Å². The molecule has 12 nitrogen and oxygen atoms in total. The van der Waals surface area contributed by atoms with Gasteiger partial charge in [-0.2, -0.15) is 23.4 Å². The number of carbonyl (C=O) groups is 1. The molecule has 5 aromatic rings. The molecule has 2 atom stereocenters.